The topological polar surface area (TPSA) is 29.3 Å². The van der Waals surface area contributed by atoms with Crippen molar-refractivity contribution < 1.29 is 0 Å². The summed E-state index contributed by atoms with van der Waals surface area (Å²) in [6, 6.07) is 6.58. The molecule has 1 atom stereocenters. The molecule has 2 rings (SSSR count). The Hall–Kier alpha value is -0.730. The summed E-state index contributed by atoms with van der Waals surface area (Å²) in [6.45, 7) is 3.23. The van der Waals surface area contributed by atoms with E-state index in [1.807, 2.05) is 0 Å². The van der Waals surface area contributed by atoms with Crippen molar-refractivity contribution in [1.82, 2.24) is 0 Å². The zero-order valence-electron chi connectivity index (χ0n) is 11.3. The summed E-state index contributed by atoms with van der Waals surface area (Å²) in [5.41, 5.74) is 8.34. The molecule has 1 aromatic rings. The van der Waals surface area contributed by atoms with E-state index in [-0.39, 0.29) is 6.04 Å². The first kappa shape index (κ1) is 13.7. The third-order valence-electron chi connectivity index (χ3n) is 3.67. The van der Waals surface area contributed by atoms with Crippen LogP contribution in [0.15, 0.2) is 18.2 Å². The molecule has 100 valence electrons. The summed E-state index contributed by atoms with van der Waals surface area (Å²) in [4.78, 5) is 2.27. The Balaban J connectivity index is 2.03. The van der Waals surface area contributed by atoms with E-state index < -0.39 is 0 Å². The van der Waals surface area contributed by atoms with Crippen molar-refractivity contribution >= 4 is 17.3 Å². The number of hydrogen-bond donors (Lipinski definition) is 1. The minimum atomic E-state index is 0.233. The highest BCUT2D eigenvalue weighted by Gasteiger charge is 2.23. The fraction of sp³-hybridized carbons (Fsp3) is 0.600. The molecule has 0 aliphatic heterocycles. The van der Waals surface area contributed by atoms with Gasteiger partial charge < -0.3 is 10.6 Å². The third-order valence-corrected chi connectivity index (χ3v) is 3.98. The average molecular weight is 267 g/mol. The molecule has 0 saturated heterocycles. The van der Waals surface area contributed by atoms with Crippen molar-refractivity contribution in [3.63, 3.8) is 0 Å². The van der Waals surface area contributed by atoms with Crippen LogP contribution >= 0.6 is 11.6 Å². The van der Waals surface area contributed by atoms with Gasteiger partial charge in [-0.2, -0.15) is 0 Å². The predicted molar refractivity (Wildman–Crippen MR) is 79.4 cm³/mol. The van der Waals surface area contributed by atoms with Crippen LogP contribution in [0.3, 0.4) is 0 Å². The Kier molecular flexibility index (Phi) is 4.52. The van der Waals surface area contributed by atoms with Crippen molar-refractivity contribution in [3.05, 3.63) is 28.8 Å². The maximum atomic E-state index is 6.37. The molecule has 0 bridgehead atoms. The van der Waals surface area contributed by atoms with E-state index in [9.17, 15) is 0 Å². The first-order valence-corrected chi connectivity index (χ1v) is 7.23. The summed E-state index contributed by atoms with van der Waals surface area (Å²) < 4.78 is 0. The van der Waals surface area contributed by atoms with Crippen LogP contribution in [-0.2, 0) is 6.42 Å². The van der Waals surface area contributed by atoms with E-state index in [1.165, 1.54) is 18.4 Å². The lowest BCUT2D eigenvalue weighted by atomic mass is 10.0. The van der Waals surface area contributed by atoms with Crippen LogP contribution in [0.1, 0.15) is 31.7 Å². The van der Waals surface area contributed by atoms with Gasteiger partial charge in [0.05, 0.1) is 10.7 Å². The SMILES string of the molecule is CCC(N)Cc1ccc(N(C)CC2CC2)c(Cl)c1. The van der Waals surface area contributed by atoms with Crippen LogP contribution < -0.4 is 10.6 Å². The van der Waals surface area contributed by atoms with Gasteiger partial charge in [-0.3, -0.25) is 0 Å². The van der Waals surface area contributed by atoms with Crippen LogP contribution in [-0.4, -0.2) is 19.6 Å². The van der Waals surface area contributed by atoms with Crippen LogP contribution in [0.25, 0.3) is 0 Å². The van der Waals surface area contributed by atoms with E-state index in [2.05, 4.69) is 37.1 Å². The largest absolute Gasteiger partial charge is 0.373 e. The fourth-order valence-corrected chi connectivity index (χ4v) is 2.57. The molecule has 0 radical (unpaired) electrons. The summed E-state index contributed by atoms with van der Waals surface area (Å²) in [6.07, 6.45) is 4.64. The number of benzene rings is 1. The quantitative estimate of drug-likeness (QED) is 0.854. The minimum Gasteiger partial charge on any atom is -0.373 e. The molecule has 1 unspecified atom stereocenters. The normalized spacial score (nSPS) is 16.7. The van der Waals surface area contributed by atoms with Gasteiger partial charge >= 0.3 is 0 Å². The molecule has 18 heavy (non-hydrogen) atoms. The predicted octanol–water partition coefficient (Wildman–Crippen LogP) is 3.47. The number of nitrogens with two attached hydrogens (primary N) is 1. The van der Waals surface area contributed by atoms with Crippen LogP contribution in [0, 0.1) is 5.92 Å². The highest BCUT2D eigenvalue weighted by molar-refractivity contribution is 6.33. The molecule has 2 N–H and O–H groups in total. The molecule has 3 heteroatoms. The van der Waals surface area contributed by atoms with E-state index in [0.29, 0.717) is 0 Å². The van der Waals surface area contributed by atoms with Gasteiger partial charge in [-0.25, -0.2) is 0 Å². The van der Waals surface area contributed by atoms with Crippen molar-refractivity contribution in [3.8, 4) is 0 Å². The Morgan fingerprint density at radius 2 is 2.17 bits per heavy atom. The lowest BCUT2D eigenvalue weighted by Crippen LogP contribution is -2.22. The molecule has 1 saturated carbocycles. The molecule has 0 amide bonds. The Bertz CT molecular complexity index is 401. The van der Waals surface area contributed by atoms with E-state index in [4.69, 9.17) is 17.3 Å². The molecule has 0 heterocycles. The van der Waals surface area contributed by atoms with Gasteiger partial charge in [0.2, 0.25) is 0 Å². The van der Waals surface area contributed by atoms with Crippen molar-refractivity contribution in [2.24, 2.45) is 11.7 Å². The second-order valence-electron chi connectivity index (χ2n) is 5.48. The number of nitrogens with zero attached hydrogens (tertiary/aromatic N) is 1. The lowest BCUT2D eigenvalue weighted by Gasteiger charge is -2.21. The van der Waals surface area contributed by atoms with Crippen molar-refractivity contribution in [1.29, 1.82) is 0 Å². The number of halogens is 1. The molecule has 1 fully saturated rings. The monoisotopic (exact) mass is 266 g/mol. The van der Waals surface area contributed by atoms with Crippen LogP contribution in [0.2, 0.25) is 5.02 Å². The third kappa shape index (κ3) is 3.63. The minimum absolute atomic E-state index is 0.233. The summed E-state index contributed by atoms with van der Waals surface area (Å²) >= 11 is 6.37. The molecule has 1 aliphatic rings. The Morgan fingerprint density at radius 1 is 1.44 bits per heavy atom. The maximum Gasteiger partial charge on any atom is 0.0642 e. The van der Waals surface area contributed by atoms with Gasteiger partial charge in [0.25, 0.3) is 0 Å². The molecule has 1 aromatic carbocycles. The summed E-state index contributed by atoms with van der Waals surface area (Å²) in [5.74, 6) is 0.874. The molecular weight excluding hydrogens is 244 g/mol. The first-order chi connectivity index (χ1) is 8.60. The highest BCUT2D eigenvalue weighted by atomic mass is 35.5. The van der Waals surface area contributed by atoms with Crippen LogP contribution in [0.5, 0.6) is 0 Å². The maximum absolute atomic E-state index is 6.37. The van der Waals surface area contributed by atoms with Gasteiger partial charge in [-0.15, -0.1) is 0 Å². The van der Waals surface area contributed by atoms with Gasteiger partial charge in [0.15, 0.2) is 0 Å². The smallest absolute Gasteiger partial charge is 0.0642 e. The summed E-state index contributed by atoms with van der Waals surface area (Å²) in [7, 11) is 2.12. The number of hydrogen-bond acceptors (Lipinski definition) is 2. The van der Waals surface area contributed by atoms with Gasteiger partial charge in [-0.05, 0) is 49.3 Å². The van der Waals surface area contributed by atoms with Gasteiger partial charge in [0, 0.05) is 19.6 Å². The Morgan fingerprint density at radius 3 is 2.72 bits per heavy atom. The number of anilines is 1. The fourth-order valence-electron chi connectivity index (χ4n) is 2.22. The second-order valence-corrected chi connectivity index (χ2v) is 5.89. The van der Waals surface area contributed by atoms with E-state index in [0.717, 1.165) is 36.0 Å². The van der Waals surface area contributed by atoms with E-state index in [1.54, 1.807) is 0 Å². The number of rotatable bonds is 6. The molecule has 2 nitrogen and oxygen atoms in total. The van der Waals surface area contributed by atoms with Crippen molar-refractivity contribution in [2.75, 3.05) is 18.5 Å². The van der Waals surface area contributed by atoms with Gasteiger partial charge in [0.1, 0.15) is 0 Å². The second kappa shape index (κ2) is 5.94. The van der Waals surface area contributed by atoms with Crippen LogP contribution in [0.4, 0.5) is 5.69 Å². The standard InChI is InChI=1S/C15H23ClN2/c1-3-13(17)8-12-6-7-15(14(16)9-12)18(2)10-11-4-5-11/h6-7,9,11,13H,3-5,8,10,17H2,1-2H3. The molecule has 0 aromatic heterocycles. The zero-order chi connectivity index (χ0) is 13.1. The van der Waals surface area contributed by atoms with Crippen molar-refractivity contribution in [2.45, 2.75) is 38.6 Å². The Labute approximate surface area is 115 Å². The highest BCUT2D eigenvalue weighted by Crippen LogP contribution is 2.33. The first-order valence-electron chi connectivity index (χ1n) is 6.85. The molecule has 1 aliphatic carbocycles. The van der Waals surface area contributed by atoms with E-state index >= 15 is 0 Å². The average Bonchev–Trinajstić information content (AvgIpc) is 3.12. The van der Waals surface area contributed by atoms with Gasteiger partial charge in [-0.1, -0.05) is 24.6 Å². The lowest BCUT2D eigenvalue weighted by molar-refractivity contribution is 0.646. The molecular formula is C15H23ClN2. The molecule has 0 spiro atoms. The summed E-state index contributed by atoms with van der Waals surface area (Å²) in [5, 5.41) is 0.846. The zero-order valence-corrected chi connectivity index (χ0v) is 12.1.